The van der Waals surface area contributed by atoms with Crippen molar-refractivity contribution in [3.63, 3.8) is 0 Å². The Morgan fingerprint density at radius 3 is 2.67 bits per heavy atom. The molecule has 0 spiro atoms. The number of carbonyl (C=O) groups excluding carboxylic acids is 1. The molecule has 2 N–H and O–H groups in total. The Bertz CT molecular complexity index is 887. The fraction of sp³-hybridized carbons (Fsp3) is 0.444. The molecule has 1 aromatic carbocycles. The van der Waals surface area contributed by atoms with E-state index >= 15 is 0 Å². The van der Waals surface area contributed by atoms with E-state index in [-0.39, 0.29) is 12.8 Å². The highest BCUT2D eigenvalue weighted by atomic mass is 32.2. The van der Waals surface area contributed by atoms with Crippen molar-refractivity contribution in [3.05, 3.63) is 35.4 Å². The maximum atomic E-state index is 12.1. The van der Waals surface area contributed by atoms with E-state index in [1.165, 1.54) is 12.4 Å². The number of alkyl halides is 1. The van der Waals surface area contributed by atoms with Crippen LogP contribution >= 0.6 is 0 Å². The second kappa shape index (κ2) is 8.50. The van der Waals surface area contributed by atoms with Crippen molar-refractivity contribution in [3.8, 4) is 11.8 Å². The fourth-order valence-corrected chi connectivity index (χ4v) is 3.50. The van der Waals surface area contributed by atoms with E-state index in [2.05, 4.69) is 17.0 Å². The molecular weight excluding hydrogens is 375 g/mol. The van der Waals surface area contributed by atoms with Gasteiger partial charge in [-0.1, -0.05) is 29.1 Å². The van der Waals surface area contributed by atoms with Crippen molar-refractivity contribution < 1.29 is 27.6 Å². The van der Waals surface area contributed by atoms with Crippen LogP contribution in [0.2, 0.25) is 0 Å². The summed E-state index contributed by atoms with van der Waals surface area (Å²) in [4.78, 5) is 17.2. The SMILES string of the molecule is CC(CC1CC(c2ccc(C#CCCF)cc2)=NO1)(C(=O)NO)S(C)(=O)=O. The number of halogens is 1. The second-order valence-corrected chi connectivity index (χ2v) is 8.88. The van der Waals surface area contributed by atoms with Crippen molar-refractivity contribution in [2.75, 3.05) is 12.9 Å². The van der Waals surface area contributed by atoms with Crippen molar-refractivity contribution in [1.82, 2.24) is 5.48 Å². The van der Waals surface area contributed by atoms with Gasteiger partial charge in [0.2, 0.25) is 0 Å². The van der Waals surface area contributed by atoms with E-state index in [1.807, 2.05) is 0 Å². The first kappa shape index (κ1) is 20.9. The van der Waals surface area contributed by atoms with Crippen LogP contribution in [0.3, 0.4) is 0 Å². The summed E-state index contributed by atoms with van der Waals surface area (Å²) in [6, 6.07) is 7.13. The molecule has 1 aromatic rings. The van der Waals surface area contributed by atoms with Gasteiger partial charge >= 0.3 is 0 Å². The highest BCUT2D eigenvalue weighted by Crippen LogP contribution is 2.29. The zero-order valence-corrected chi connectivity index (χ0v) is 15.8. The minimum Gasteiger partial charge on any atom is -0.392 e. The first-order chi connectivity index (χ1) is 12.7. The van der Waals surface area contributed by atoms with Crippen LogP contribution in [0.25, 0.3) is 0 Å². The number of nitrogens with one attached hydrogen (secondary N) is 1. The third-order valence-electron chi connectivity index (χ3n) is 4.42. The average Bonchev–Trinajstić information content (AvgIpc) is 3.09. The van der Waals surface area contributed by atoms with Gasteiger partial charge in [0.1, 0.15) is 12.8 Å². The van der Waals surface area contributed by atoms with E-state index in [4.69, 9.17) is 10.0 Å². The smallest absolute Gasteiger partial charge is 0.264 e. The lowest BCUT2D eigenvalue weighted by atomic mass is 9.96. The lowest BCUT2D eigenvalue weighted by molar-refractivity contribution is -0.132. The van der Waals surface area contributed by atoms with Crippen LogP contribution in [0.1, 0.15) is 37.3 Å². The normalized spacial score (nSPS) is 18.5. The van der Waals surface area contributed by atoms with Gasteiger partial charge < -0.3 is 4.84 Å². The molecule has 0 bridgehead atoms. The monoisotopic (exact) mass is 396 g/mol. The van der Waals surface area contributed by atoms with E-state index in [0.717, 1.165) is 17.4 Å². The molecule has 0 radical (unpaired) electrons. The summed E-state index contributed by atoms with van der Waals surface area (Å²) in [5.41, 5.74) is 3.55. The maximum Gasteiger partial charge on any atom is 0.264 e. The highest BCUT2D eigenvalue weighted by molar-refractivity contribution is 7.92. The summed E-state index contributed by atoms with van der Waals surface area (Å²) in [6.45, 7) is 0.751. The van der Waals surface area contributed by atoms with Gasteiger partial charge in [-0.25, -0.2) is 13.9 Å². The topological polar surface area (TPSA) is 105 Å². The van der Waals surface area contributed by atoms with Crippen LogP contribution in [0.4, 0.5) is 4.39 Å². The molecule has 0 aliphatic carbocycles. The number of oxime groups is 1. The number of amides is 1. The van der Waals surface area contributed by atoms with E-state index in [1.54, 1.807) is 24.3 Å². The summed E-state index contributed by atoms with van der Waals surface area (Å²) >= 11 is 0. The number of hydroxylamine groups is 1. The number of carbonyl (C=O) groups is 1. The molecule has 2 unspecified atom stereocenters. The van der Waals surface area contributed by atoms with Crippen LogP contribution in [0.5, 0.6) is 0 Å². The highest BCUT2D eigenvalue weighted by Gasteiger charge is 2.47. The molecule has 27 heavy (non-hydrogen) atoms. The summed E-state index contributed by atoms with van der Waals surface area (Å²) in [5, 5.41) is 12.9. The molecule has 1 aliphatic rings. The lowest BCUT2D eigenvalue weighted by Crippen LogP contribution is -2.51. The van der Waals surface area contributed by atoms with Crippen LogP contribution in [-0.2, 0) is 19.5 Å². The first-order valence-corrected chi connectivity index (χ1v) is 10.1. The Morgan fingerprint density at radius 2 is 2.11 bits per heavy atom. The third kappa shape index (κ3) is 4.84. The van der Waals surface area contributed by atoms with E-state index < -0.39 is 33.3 Å². The van der Waals surface area contributed by atoms with Crippen LogP contribution in [0, 0.1) is 11.8 Å². The molecule has 0 saturated carbocycles. The molecule has 0 aromatic heterocycles. The summed E-state index contributed by atoms with van der Waals surface area (Å²) in [7, 11) is -3.81. The number of benzene rings is 1. The molecule has 0 saturated heterocycles. The molecule has 1 amide bonds. The van der Waals surface area contributed by atoms with Gasteiger partial charge in [0.15, 0.2) is 14.6 Å². The minimum atomic E-state index is -3.81. The van der Waals surface area contributed by atoms with Gasteiger partial charge in [0, 0.05) is 31.1 Å². The Hall–Kier alpha value is -2.44. The fourth-order valence-electron chi connectivity index (χ4n) is 2.63. The molecule has 9 heteroatoms. The van der Waals surface area contributed by atoms with Crippen molar-refractivity contribution in [2.24, 2.45) is 5.16 Å². The lowest BCUT2D eigenvalue weighted by Gasteiger charge is -2.26. The van der Waals surface area contributed by atoms with Crippen molar-refractivity contribution in [1.29, 1.82) is 0 Å². The average molecular weight is 396 g/mol. The molecule has 146 valence electrons. The standard InChI is InChI=1S/C18H21FN2O5S/c1-18(17(22)20-23,27(2,24)25)12-15-11-16(21-26-15)14-8-6-13(7-9-14)5-3-4-10-19/h6-9,15,23H,4,10-12H2,1-2H3,(H,20,22). The number of hydrogen-bond acceptors (Lipinski definition) is 6. The summed E-state index contributed by atoms with van der Waals surface area (Å²) in [6.07, 6.45) is 0.655. The Labute approximate surface area is 157 Å². The molecule has 2 rings (SSSR count). The molecule has 0 fully saturated rings. The molecule has 7 nitrogen and oxygen atoms in total. The van der Waals surface area contributed by atoms with E-state index in [0.29, 0.717) is 12.1 Å². The second-order valence-electron chi connectivity index (χ2n) is 6.44. The minimum absolute atomic E-state index is 0.155. The zero-order valence-electron chi connectivity index (χ0n) is 15.0. The number of sulfone groups is 1. The molecule has 2 atom stereocenters. The molecule has 1 heterocycles. The number of nitrogens with zero attached hydrogens (tertiary/aromatic N) is 1. The summed E-state index contributed by atoms with van der Waals surface area (Å²) in [5.74, 6) is 4.54. The van der Waals surface area contributed by atoms with Crippen molar-refractivity contribution in [2.45, 2.75) is 37.0 Å². The van der Waals surface area contributed by atoms with Crippen LogP contribution in [-0.4, -0.2) is 49.0 Å². The Balaban J connectivity index is 2.08. The molecule has 1 aliphatic heterocycles. The largest absolute Gasteiger partial charge is 0.392 e. The van der Waals surface area contributed by atoms with Gasteiger partial charge in [-0.3, -0.25) is 14.4 Å². The Kier molecular flexibility index (Phi) is 6.57. The third-order valence-corrected chi connectivity index (χ3v) is 6.41. The molecular formula is C18H21FN2O5S. The zero-order chi connectivity index (χ0) is 20.1. The van der Waals surface area contributed by atoms with Gasteiger partial charge in [0.25, 0.3) is 5.91 Å². The quantitative estimate of drug-likeness (QED) is 0.432. The first-order valence-electron chi connectivity index (χ1n) is 8.23. The number of rotatable bonds is 6. The predicted molar refractivity (Wildman–Crippen MR) is 97.7 cm³/mol. The van der Waals surface area contributed by atoms with Gasteiger partial charge in [-0.05, 0) is 24.6 Å². The van der Waals surface area contributed by atoms with Gasteiger partial charge in [-0.2, -0.15) is 0 Å². The van der Waals surface area contributed by atoms with Crippen molar-refractivity contribution >= 4 is 21.5 Å². The predicted octanol–water partition coefficient (Wildman–Crippen LogP) is 1.59. The Morgan fingerprint density at radius 1 is 1.44 bits per heavy atom. The van der Waals surface area contributed by atoms with Crippen LogP contribution in [0.15, 0.2) is 29.4 Å². The van der Waals surface area contributed by atoms with E-state index in [9.17, 15) is 17.6 Å². The number of hydrogen-bond donors (Lipinski definition) is 2. The van der Waals surface area contributed by atoms with Crippen LogP contribution < -0.4 is 5.48 Å². The summed E-state index contributed by atoms with van der Waals surface area (Å²) < 4.78 is 34.3. The van der Waals surface area contributed by atoms with Gasteiger partial charge in [-0.15, -0.1) is 0 Å². The van der Waals surface area contributed by atoms with Gasteiger partial charge in [0.05, 0.1) is 5.71 Å². The maximum absolute atomic E-state index is 12.1.